The maximum atomic E-state index is 10.9. The van der Waals surface area contributed by atoms with Gasteiger partial charge in [0.15, 0.2) is 0 Å². The first kappa shape index (κ1) is 21.2. The van der Waals surface area contributed by atoms with Crippen molar-refractivity contribution >= 4 is 5.97 Å². The number of benzene rings is 1. The van der Waals surface area contributed by atoms with Gasteiger partial charge in [-0.2, -0.15) is 0 Å². The van der Waals surface area contributed by atoms with Gasteiger partial charge in [0, 0.05) is 18.8 Å². The van der Waals surface area contributed by atoms with E-state index < -0.39 is 5.97 Å². The number of hydrogen-bond donors (Lipinski definition) is 0. The fourth-order valence-corrected chi connectivity index (χ4v) is 3.54. The number of nitrogens with zero attached hydrogens (tertiary/aromatic N) is 2. The minimum atomic E-state index is -0.990. The number of carboxylic acid groups (broad SMARTS) is 1. The number of carbonyl (C=O) groups excluding carboxylic acids is 1. The van der Waals surface area contributed by atoms with Crippen molar-refractivity contribution in [3.63, 3.8) is 0 Å². The molecule has 0 aliphatic heterocycles. The summed E-state index contributed by atoms with van der Waals surface area (Å²) in [6, 6.07) is 10.4. The van der Waals surface area contributed by atoms with Crippen molar-refractivity contribution in [2.45, 2.75) is 84.2 Å². The summed E-state index contributed by atoms with van der Waals surface area (Å²) in [5, 5.41) is 10.9. The SMILES string of the molecule is CCCCCCCCCCc1n(CCC(=O)[O-])cc[n+]1Cc1ccccc1. The first-order valence-electron chi connectivity index (χ1n) is 10.5. The van der Waals surface area contributed by atoms with Crippen LogP contribution >= 0.6 is 0 Å². The zero-order valence-corrected chi connectivity index (χ0v) is 16.7. The van der Waals surface area contributed by atoms with Gasteiger partial charge in [0.1, 0.15) is 18.9 Å². The molecule has 0 aliphatic carbocycles. The summed E-state index contributed by atoms with van der Waals surface area (Å²) in [5.74, 6) is 0.224. The van der Waals surface area contributed by atoms with E-state index in [1.165, 1.54) is 56.3 Å². The van der Waals surface area contributed by atoms with Crippen molar-refractivity contribution in [1.82, 2.24) is 4.57 Å². The fraction of sp³-hybridized carbons (Fsp3) is 0.565. The van der Waals surface area contributed by atoms with Gasteiger partial charge in [-0.25, -0.2) is 9.13 Å². The van der Waals surface area contributed by atoms with Crippen molar-refractivity contribution in [2.24, 2.45) is 0 Å². The van der Waals surface area contributed by atoms with Gasteiger partial charge in [-0.05, 0) is 12.0 Å². The van der Waals surface area contributed by atoms with Gasteiger partial charge in [0.25, 0.3) is 5.82 Å². The van der Waals surface area contributed by atoms with Crippen LogP contribution in [0, 0.1) is 0 Å². The van der Waals surface area contributed by atoms with Gasteiger partial charge in [0.2, 0.25) is 0 Å². The zero-order valence-electron chi connectivity index (χ0n) is 16.7. The predicted octanol–water partition coefficient (Wildman–Crippen LogP) is 3.65. The molecular weight excluding hydrogens is 336 g/mol. The largest absolute Gasteiger partial charge is 0.550 e. The summed E-state index contributed by atoms with van der Waals surface area (Å²) in [4.78, 5) is 10.9. The second kappa shape index (κ2) is 12.3. The molecule has 0 bridgehead atoms. The Kier molecular flexibility index (Phi) is 9.67. The fourth-order valence-electron chi connectivity index (χ4n) is 3.54. The summed E-state index contributed by atoms with van der Waals surface area (Å²) in [7, 11) is 0. The van der Waals surface area contributed by atoms with Crippen molar-refractivity contribution in [2.75, 3.05) is 0 Å². The lowest BCUT2D eigenvalue weighted by atomic mass is 10.1. The molecule has 0 saturated carbocycles. The predicted molar refractivity (Wildman–Crippen MR) is 106 cm³/mol. The Balaban J connectivity index is 1.89. The molecule has 0 unspecified atom stereocenters. The van der Waals surface area contributed by atoms with Crippen LogP contribution in [-0.2, 0) is 24.3 Å². The molecule has 0 radical (unpaired) electrons. The molecule has 2 rings (SSSR count). The van der Waals surface area contributed by atoms with Gasteiger partial charge in [-0.3, -0.25) is 0 Å². The van der Waals surface area contributed by atoms with E-state index in [1.807, 2.05) is 12.3 Å². The lowest BCUT2D eigenvalue weighted by Crippen LogP contribution is -2.38. The topological polar surface area (TPSA) is 48.9 Å². The van der Waals surface area contributed by atoms with E-state index >= 15 is 0 Å². The average Bonchev–Trinajstić information content (AvgIpc) is 3.04. The minimum absolute atomic E-state index is 0.0600. The molecule has 0 fully saturated rings. The van der Waals surface area contributed by atoms with Crippen LogP contribution in [-0.4, -0.2) is 10.5 Å². The van der Waals surface area contributed by atoms with Crippen molar-refractivity contribution in [3.8, 4) is 0 Å². The molecule has 0 spiro atoms. The number of aryl methyl sites for hydroxylation is 1. The normalized spacial score (nSPS) is 11.0. The Bertz CT molecular complexity index is 664. The summed E-state index contributed by atoms with van der Waals surface area (Å²) in [6.45, 7) is 3.56. The van der Waals surface area contributed by atoms with Gasteiger partial charge >= 0.3 is 0 Å². The van der Waals surface area contributed by atoms with Crippen LogP contribution in [0.3, 0.4) is 0 Å². The van der Waals surface area contributed by atoms with Gasteiger partial charge in [-0.1, -0.05) is 82.2 Å². The standard InChI is InChI=1S/C23H34N2O2/c1-2-3-4-5-6-7-8-12-15-22-24(17-16-23(26)27)18-19-25(22)20-21-13-10-9-11-14-21/h9-11,13-14,18-19H,2-8,12,15-17,20H2,1H3. The molecule has 2 aromatic rings. The number of rotatable bonds is 14. The Morgan fingerprint density at radius 2 is 1.67 bits per heavy atom. The van der Waals surface area contributed by atoms with E-state index in [0.717, 1.165) is 19.4 Å². The van der Waals surface area contributed by atoms with Gasteiger partial charge in [-0.15, -0.1) is 0 Å². The molecule has 1 aromatic carbocycles. The smallest absolute Gasteiger partial charge is 0.256 e. The second-order valence-corrected chi connectivity index (χ2v) is 7.37. The molecule has 27 heavy (non-hydrogen) atoms. The first-order chi connectivity index (χ1) is 13.2. The van der Waals surface area contributed by atoms with Crippen molar-refractivity contribution < 1.29 is 14.5 Å². The molecule has 1 aromatic heterocycles. The Morgan fingerprint density at radius 3 is 2.33 bits per heavy atom. The summed E-state index contributed by atoms with van der Waals surface area (Å²) in [5.41, 5.74) is 1.26. The van der Waals surface area contributed by atoms with E-state index in [1.54, 1.807) is 0 Å². The highest BCUT2D eigenvalue weighted by Gasteiger charge is 2.17. The van der Waals surface area contributed by atoms with E-state index in [4.69, 9.17) is 0 Å². The lowest BCUT2D eigenvalue weighted by molar-refractivity contribution is -0.695. The number of imidazole rings is 1. The third-order valence-corrected chi connectivity index (χ3v) is 5.10. The highest BCUT2D eigenvalue weighted by atomic mass is 16.4. The summed E-state index contributed by atoms with van der Waals surface area (Å²) < 4.78 is 4.34. The number of carboxylic acids is 1. The minimum Gasteiger partial charge on any atom is -0.550 e. The number of carbonyl (C=O) groups is 1. The van der Waals surface area contributed by atoms with Crippen molar-refractivity contribution in [1.29, 1.82) is 0 Å². The maximum absolute atomic E-state index is 10.9. The molecular formula is C23H34N2O2. The quantitative estimate of drug-likeness (QED) is 0.376. The average molecular weight is 371 g/mol. The maximum Gasteiger partial charge on any atom is 0.256 e. The molecule has 0 aliphatic rings. The molecule has 4 nitrogen and oxygen atoms in total. The molecule has 1 heterocycles. The lowest BCUT2D eigenvalue weighted by Gasteiger charge is -2.07. The monoisotopic (exact) mass is 370 g/mol. The van der Waals surface area contributed by atoms with E-state index in [9.17, 15) is 9.90 Å². The number of unbranched alkanes of at least 4 members (excludes halogenated alkanes) is 7. The Hall–Kier alpha value is -2.10. The molecule has 4 heteroatoms. The van der Waals surface area contributed by atoms with Crippen LogP contribution in [0.25, 0.3) is 0 Å². The van der Waals surface area contributed by atoms with E-state index in [0.29, 0.717) is 6.54 Å². The molecule has 0 amide bonds. The van der Waals surface area contributed by atoms with Crippen LogP contribution < -0.4 is 9.67 Å². The van der Waals surface area contributed by atoms with Gasteiger partial charge in [0.05, 0.1) is 6.54 Å². The number of aliphatic carboxylic acids is 1. The zero-order chi connectivity index (χ0) is 19.3. The van der Waals surface area contributed by atoms with Crippen LogP contribution in [0.15, 0.2) is 42.7 Å². The highest BCUT2D eigenvalue weighted by molar-refractivity contribution is 5.64. The van der Waals surface area contributed by atoms with E-state index in [-0.39, 0.29) is 6.42 Å². The number of aromatic nitrogens is 2. The first-order valence-corrected chi connectivity index (χ1v) is 10.5. The molecule has 148 valence electrons. The van der Waals surface area contributed by atoms with Crippen LogP contribution in [0.4, 0.5) is 0 Å². The van der Waals surface area contributed by atoms with Crippen LogP contribution in [0.2, 0.25) is 0 Å². The summed E-state index contributed by atoms with van der Waals surface area (Å²) in [6.07, 6.45) is 15.5. The Morgan fingerprint density at radius 1 is 1.00 bits per heavy atom. The number of hydrogen-bond acceptors (Lipinski definition) is 2. The second-order valence-electron chi connectivity index (χ2n) is 7.37. The molecule has 0 saturated heterocycles. The Labute approximate surface area is 163 Å². The third-order valence-electron chi connectivity index (χ3n) is 5.10. The van der Waals surface area contributed by atoms with Crippen LogP contribution in [0.1, 0.15) is 76.1 Å². The third kappa shape index (κ3) is 7.98. The molecule has 0 atom stereocenters. The van der Waals surface area contributed by atoms with Crippen LogP contribution in [0.5, 0.6) is 0 Å². The van der Waals surface area contributed by atoms with Gasteiger partial charge < -0.3 is 9.90 Å². The van der Waals surface area contributed by atoms with Crippen molar-refractivity contribution in [3.05, 3.63) is 54.1 Å². The summed E-state index contributed by atoms with van der Waals surface area (Å²) >= 11 is 0. The highest BCUT2D eigenvalue weighted by Crippen LogP contribution is 2.11. The molecule has 0 N–H and O–H groups in total. The van der Waals surface area contributed by atoms with E-state index in [2.05, 4.69) is 46.5 Å².